The van der Waals surface area contributed by atoms with Gasteiger partial charge in [0.2, 0.25) is 10.0 Å². The molecule has 0 bridgehead atoms. The van der Waals surface area contributed by atoms with Crippen LogP contribution in [0.15, 0.2) is 30.3 Å². The molecule has 1 heterocycles. The van der Waals surface area contributed by atoms with Gasteiger partial charge in [-0.25, -0.2) is 13.2 Å². The first-order valence-electron chi connectivity index (χ1n) is 11.9. The molecule has 0 fully saturated rings. The third kappa shape index (κ3) is 6.57. The third-order valence-electron chi connectivity index (χ3n) is 6.38. The fourth-order valence-electron chi connectivity index (χ4n) is 4.65. The smallest absolute Gasteiger partial charge is 0.416 e. The molecule has 0 aliphatic carbocycles. The lowest BCUT2D eigenvalue weighted by Crippen LogP contribution is -2.47. The van der Waals surface area contributed by atoms with Crippen molar-refractivity contribution in [3.05, 3.63) is 52.6 Å². The molecule has 0 aromatic heterocycles. The van der Waals surface area contributed by atoms with Crippen LogP contribution in [0.2, 0.25) is 0 Å². The lowest BCUT2D eigenvalue weighted by Gasteiger charge is -2.42. The summed E-state index contributed by atoms with van der Waals surface area (Å²) in [4.78, 5) is 14.1. The minimum Gasteiger partial charge on any atom is -0.493 e. The number of carbonyl (C=O) groups is 1. The fraction of sp³-hybridized carbons (Fsp3) is 0.480. The van der Waals surface area contributed by atoms with Gasteiger partial charge >= 0.3 is 18.4 Å². The maximum atomic E-state index is 13.5. The van der Waals surface area contributed by atoms with Gasteiger partial charge in [-0.05, 0) is 55.7 Å². The van der Waals surface area contributed by atoms with E-state index < -0.39 is 63.8 Å². The molecule has 40 heavy (non-hydrogen) atoms. The average molecular weight is 599 g/mol. The number of benzene rings is 2. The predicted octanol–water partition coefficient (Wildman–Crippen LogP) is 6.00. The van der Waals surface area contributed by atoms with Gasteiger partial charge in [0.15, 0.2) is 11.5 Å². The number of nitrogens with zero attached hydrogens (tertiary/aromatic N) is 2. The number of methoxy groups -OCH3 is 2. The van der Waals surface area contributed by atoms with Crippen molar-refractivity contribution in [1.82, 2.24) is 4.31 Å². The number of hydrogen-bond donors (Lipinski definition) is 0. The Morgan fingerprint density at radius 1 is 0.975 bits per heavy atom. The number of ether oxygens (including phenoxy) is 3. The van der Waals surface area contributed by atoms with E-state index in [4.69, 9.17) is 14.2 Å². The van der Waals surface area contributed by atoms with Crippen LogP contribution < -0.4 is 14.4 Å². The summed E-state index contributed by atoms with van der Waals surface area (Å²) in [5.74, 6) is 0.360. The van der Waals surface area contributed by atoms with Gasteiger partial charge in [0.05, 0.1) is 49.9 Å². The topological polar surface area (TPSA) is 85.4 Å². The van der Waals surface area contributed by atoms with Gasteiger partial charge in [-0.3, -0.25) is 4.90 Å². The molecular formula is C25H28F6N2O6S. The summed E-state index contributed by atoms with van der Waals surface area (Å²) in [5, 5.41) is 0. The molecule has 1 aliphatic rings. The first-order chi connectivity index (χ1) is 18.4. The molecule has 1 amide bonds. The van der Waals surface area contributed by atoms with E-state index in [1.807, 2.05) is 0 Å². The van der Waals surface area contributed by atoms with Crippen LogP contribution in [0.25, 0.3) is 0 Å². The molecule has 2 aromatic rings. The molecule has 0 N–H and O–H groups in total. The molecule has 0 spiro atoms. The largest absolute Gasteiger partial charge is 0.493 e. The Balaban J connectivity index is 2.23. The van der Waals surface area contributed by atoms with Gasteiger partial charge in [-0.1, -0.05) is 0 Å². The van der Waals surface area contributed by atoms with Crippen LogP contribution in [0, 0.1) is 0 Å². The van der Waals surface area contributed by atoms with Gasteiger partial charge < -0.3 is 14.2 Å². The van der Waals surface area contributed by atoms with E-state index in [0.29, 0.717) is 12.1 Å². The van der Waals surface area contributed by atoms with E-state index in [0.717, 1.165) is 10.6 Å². The number of carbonyl (C=O) groups excluding carboxylic acids is 1. The van der Waals surface area contributed by atoms with Crippen molar-refractivity contribution in [2.24, 2.45) is 0 Å². The fourth-order valence-corrected chi connectivity index (χ4v) is 5.69. The van der Waals surface area contributed by atoms with Gasteiger partial charge in [0, 0.05) is 18.7 Å². The molecule has 3 rings (SSSR count). The van der Waals surface area contributed by atoms with Gasteiger partial charge in [-0.2, -0.15) is 30.6 Å². The van der Waals surface area contributed by atoms with Crippen molar-refractivity contribution in [2.45, 2.75) is 51.2 Å². The zero-order valence-electron chi connectivity index (χ0n) is 22.2. The summed E-state index contributed by atoms with van der Waals surface area (Å²) in [6.45, 7) is 2.44. The number of alkyl halides is 6. The SMILES string of the molecule is CCOC(=O)N1c2cc(OC)c(OC)cc2[C@@H](N(Cc2cc(C(F)(F)F)cc(C(F)(F)F)c2)S(C)(=O)=O)C[C@H]1C. The van der Waals surface area contributed by atoms with Crippen LogP contribution in [-0.2, 0) is 33.7 Å². The molecule has 0 radical (unpaired) electrons. The number of halogens is 6. The van der Waals surface area contributed by atoms with Crippen molar-refractivity contribution in [1.29, 1.82) is 0 Å². The maximum Gasteiger partial charge on any atom is 0.416 e. The zero-order valence-corrected chi connectivity index (χ0v) is 23.0. The van der Waals surface area contributed by atoms with Crippen molar-refractivity contribution in [3.63, 3.8) is 0 Å². The highest BCUT2D eigenvalue weighted by Gasteiger charge is 2.42. The first-order valence-corrected chi connectivity index (χ1v) is 13.7. The molecule has 2 atom stereocenters. The average Bonchev–Trinajstić information content (AvgIpc) is 2.84. The summed E-state index contributed by atoms with van der Waals surface area (Å²) in [6, 6.07) is 2.00. The Kier molecular flexibility index (Phi) is 8.89. The molecule has 222 valence electrons. The molecular weight excluding hydrogens is 570 g/mol. The lowest BCUT2D eigenvalue weighted by atomic mass is 9.91. The monoisotopic (exact) mass is 598 g/mol. The van der Waals surface area contributed by atoms with Gasteiger partial charge in [-0.15, -0.1) is 0 Å². The standard InChI is InChI=1S/C25H28F6N2O6S/c1-6-39-23(34)33-14(2)7-19(18-11-21(37-3)22(38-4)12-20(18)33)32(40(5,35)36)13-15-8-16(24(26,27)28)10-17(9-15)25(29,30)31/h8-12,14,19H,6-7,13H2,1-5H3/t14-,19+/m1/s1. The second kappa shape index (κ2) is 11.4. The van der Waals surface area contributed by atoms with Crippen LogP contribution in [0.3, 0.4) is 0 Å². The summed E-state index contributed by atoms with van der Waals surface area (Å²) >= 11 is 0. The Morgan fingerprint density at radius 2 is 1.50 bits per heavy atom. The van der Waals surface area contributed by atoms with E-state index >= 15 is 0 Å². The number of amides is 1. The van der Waals surface area contributed by atoms with E-state index in [1.54, 1.807) is 13.8 Å². The molecule has 0 saturated carbocycles. The highest BCUT2D eigenvalue weighted by molar-refractivity contribution is 7.88. The second-order valence-electron chi connectivity index (χ2n) is 9.16. The number of anilines is 1. The van der Waals surface area contributed by atoms with Crippen molar-refractivity contribution in [2.75, 3.05) is 32.0 Å². The Bertz CT molecular complexity index is 1330. The van der Waals surface area contributed by atoms with Crippen molar-refractivity contribution in [3.8, 4) is 11.5 Å². The number of hydrogen-bond acceptors (Lipinski definition) is 6. The Morgan fingerprint density at radius 3 is 1.95 bits per heavy atom. The normalized spacial score (nSPS) is 17.9. The summed E-state index contributed by atoms with van der Waals surface area (Å²) in [5.41, 5.74) is -3.24. The number of rotatable bonds is 7. The van der Waals surface area contributed by atoms with Crippen LogP contribution in [0.4, 0.5) is 36.8 Å². The van der Waals surface area contributed by atoms with Crippen LogP contribution in [0.1, 0.15) is 48.6 Å². The summed E-state index contributed by atoms with van der Waals surface area (Å²) < 4.78 is 124. The third-order valence-corrected chi connectivity index (χ3v) is 7.62. The van der Waals surface area contributed by atoms with E-state index in [9.17, 15) is 39.6 Å². The first kappa shape index (κ1) is 31.3. The molecule has 8 nitrogen and oxygen atoms in total. The molecule has 15 heteroatoms. The van der Waals surface area contributed by atoms with E-state index in [-0.39, 0.29) is 41.8 Å². The molecule has 0 unspecified atom stereocenters. The second-order valence-corrected chi connectivity index (χ2v) is 11.1. The predicted molar refractivity (Wildman–Crippen MR) is 133 cm³/mol. The lowest BCUT2D eigenvalue weighted by molar-refractivity contribution is -0.143. The van der Waals surface area contributed by atoms with Crippen molar-refractivity contribution < 1.29 is 53.8 Å². The van der Waals surface area contributed by atoms with Crippen LogP contribution in [0.5, 0.6) is 11.5 Å². The zero-order chi connectivity index (χ0) is 30.2. The number of sulfonamides is 1. The molecule has 2 aromatic carbocycles. The quantitative estimate of drug-likeness (QED) is 0.364. The van der Waals surface area contributed by atoms with Crippen LogP contribution in [-0.4, -0.2) is 51.9 Å². The minimum atomic E-state index is -5.11. The molecule has 1 aliphatic heterocycles. The highest BCUT2D eigenvalue weighted by atomic mass is 32.2. The van der Waals surface area contributed by atoms with Gasteiger partial charge in [0.1, 0.15) is 0 Å². The summed E-state index contributed by atoms with van der Waals surface area (Å²) in [7, 11) is -1.58. The van der Waals surface area contributed by atoms with E-state index in [2.05, 4.69) is 0 Å². The minimum absolute atomic E-state index is 0.0272. The van der Waals surface area contributed by atoms with E-state index in [1.165, 1.54) is 31.3 Å². The Labute approximate surface area is 227 Å². The maximum absolute atomic E-state index is 13.5. The summed E-state index contributed by atoms with van der Waals surface area (Å²) in [6.07, 6.45) is -10.2. The highest BCUT2D eigenvalue weighted by Crippen LogP contribution is 2.47. The molecule has 0 saturated heterocycles. The Hall–Kier alpha value is -3.20. The van der Waals surface area contributed by atoms with Crippen molar-refractivity contribution >= 4 is 21.8 Å². The van der Waals surface area contributed by atoms with Gasteiger partial charge in [0.25, 0.3) is 0 Å². The van der Waals surface area contributed by atoms with Crippen LogP contribution >= 0.6 is 0 Å². The number of fused-ring (bicyclic) bond motifs is 1.